The Morgan fingerprint density at radius 2 is 1.77 bits per heavy atom. The van der Waals surface area contributed by atoms with Gasteiger partial charge in [0.25, 0.3) is 0 Å². The molecule has 3 N–H and O–H groups in total. The minimum absolute atomic E-state index is 0.186. The number of rotatable bonds is 11. The van der Waals surface area contributed by atoms with Crippen molar-refractivity contribution in [2.45, 2.75) is 78.2 Å². The SMILES string of the molecule is CC/C=C/c1c(F)cc(F)c(F)c1OCC(=O)[C@H](CC(=O)O)NC(=O)[C@@]1(C)CCCCN(C(=O)C(=O)Nc2ccccc2C(C)(C)C)C1. The number of anilines is 1. The van der Waals surface area contributed by atoms with Crippen LogP contribution in [0.5, 0.6) is 5.75 Å². The van der Waals surface area contributed by atoms with E-state index in [9.17, 15) is 42.3 Å². The zero-order chi connectivity index (χ0) is 35.8. The highest BCUT2D eigenvalue weighted by Crippen LogP contribution is 2.32. The van der Waals surface area contributed by atoms with E-state index in [-0.39, 0.29) is 24.9 Å². The topological polar surface area (TPSA) is 142 Å². The van der Waals surface area contributed by atoms with Gasteiger partial charge in [0.2, 0.25) is 11.7 Å². The van der Waals surface area contributed by atoms with E-state index in [1.807, 2.05) is 32.9 Å². The maximum atomic E-state index is 14.6. The number of nitrogens with one attached hydrogen (secondary N) is 2. The fraction of sp³-hybridized carbons (Fsp3) is 0.457. The number of hydrogen-bond acceptors (Lipinski definition) is 6. The highest BCUT2D eigenvalue weighted by Gasteiger charge is 2.41. The highest BCUT2D eigenvalue weighted by atomic mass is 19.2. The number of carbonyl (C=O) groups excluding carboxylic acids is 4. The summed E-state index contributed by atoms with van der Waals surface area (Å²) < 4.78 is 48.2. The normalized spacial score (nSPS) is 17.4. The molecule has 3 amide bonds. The van der Waals surface area contributed by atoms with Gasteiger partial charge in [0.1, 0.15) is 18.5 Å². The van der Waals surface area contributed by atoms with Gasteiger partial charge in [0.05, 0.1) is 17.4 Å². The Morgan fingerprint density at radius 1 is 1.08 bits per heavy atom. The van der Waals surface area contributed by atoms with E-state index >= 15 is 0 Å². The van der Waals surface area contributed by atoms with Crippen molar-refractivity contribution in [1.82, 2.24) is 10.2 Å². The zero-order valence-electron chi connectivity index (χ0n) is 27.8. The Balaban J connectivity index is 1.77. The number of carboxylic acids is 1. The van der Waals surface area contributed by atoms with Crippen LogP contribution < -0.4 is 15.4 Å². The molecule has 0 spiro atoms. The molecule has 0 aromatic heterocycles. The number of allylic oxidation sites excluding steroid dienone is 1. The highest BCUT2D eigenvalue weighted by molar-refractivity contribution is 6.39. The summed E-state index contributed by atoms with van der Waals surface area (Å²) in [5.41, 5.74) is -0.793. The van der Waals surface area contributed by atoms with Crippen LogP contribution in [0.25, 0.3) is 6.08 Å². The Kier molecular flexibility index (Phi) is 12.5. The summed E-state index contributed by atoms with van der Waals surface area (Å²) in [5.74, 6) is -10.0. The van der Waals surface area contributed by atoms with Crippen molar-refractivity contribution in [3.8, 4) is 5.75 Å². The van der Waals surface area contributed by atoms with Gasteiger partial charge in [0.15, 0.2) is 17.3 Å². The summed E-state index contributed by atoms with van der Waals surface area (Å²) in [5, 5.41) is 14.6. The number of ether oxygens (including phenoxy) is 1. The largest absolute Gasteiger partial charge is 0.482 e. The molecule has 0 unspecified atom stereocenters. The first-order valence-electron chi connectivity index (χ1n) is 15.7. The van der Waals surface area contributed by atoms with Crippen LogP contribution >= 0.6 is 0 Å². The molecule has 10 nitrogen and oxygen atoms in total. The van der Waals surface area contributed by atoms with E-state index < -0.39 is 82.7 Å². The van der Waals surface area contributed by atoms with Crippen molar-refractivity contribution in [2.75, 3.05) is 25.0 Å². The van der Waals surface area contributed by atoms with E-state index in [0.717, 1.165) is 11.6 Å². The molecule has 13 heteroatoms. The average molecular weight is 674 g/mol. The lowest BCUT2D eigenvalue weighted by molar-refractivity contribution is -0.146. The molecular weight excluding hydrogens is 631 g/mol. The molecule has 1 aliphatic heterocycles. The van der Waals surface area contributed by atoms with E-state index in [4.69, 9.17) is 4.74 Å². The van der Waals surface area contributed by atoms with Gasteiger partial charge in [-0.1, -0.05) is 64.5 Å². The molecule has 48 heavy (non-hydrogen) atoms. The Morgan fingerprint density at radius 3 is 2.42 bits per heavy atom. The van der Waals surface area contributed by atoms with Gasteiger partial charge in [0, 0.05) is 24.8 Å². The van der Waals surface area contributed by atoms with Gasteiger partial charge in [-0.3, -0.25) is 24.0 Å². The summed E-state index contributed by atoms with van der Waals surface area (Å²) in [6.45, 7) is 8.14. The molecule has 2 aromatic carbocycles. The number of benzene rings is 2. The van der Waals surface area contributed by atoms with Crippen molar-refractivity contribution in [2.24, 2.45) is 5.41 Å². The van der Waals surface area contributed by atoms with Gasteiger partial charge >= 0.3 is 17.8 Å². The third kappa shape index (κ3) is 9.45. The summed E-state index contributed by atoms with van der Waals surface area (Å²) >= 11 is 0. The van der Waals surface area contributed by atoms with E-state index in [2.05, 4.69) is 10.6 Å². The van der Waals surface area contributed by atoms with Crippen LogP contribution in [-0.4, -0.2) is 65.2 Å². The molecule has 1 fully saturated rings. The summed E-state index contributed by atoms with van der Waals surface area (Å²) in [4.78, 5) is 66.1. The minimum atomic E-state index is -1.66. The number of carbonyl (C=O) groups is 5. The van der Waals surface area contributed by atoms with Crippen molar-refractivity contribution >= 4 is 41.2 Å². The first-order valence-corrected chi connectivity index (χ1v) is 15.7. The van der Waals surface area contributed by atoms with E-state index in [1.54, 1.807) is 19.1 Å². The number of ketones is 1. The molecule has 0 saturated carbocycles. The number of para-hydroxylation sites is 1. The molecule has 1 aliphatic rings. The first kappa shape index (κ1) is 37.8. The monoisotopic (exact) mass is 673 g/mol. The lowest BCUT2D eigenvalue weighted by Gasteiger charge is -2.33. The van der Waals surface area contributed by atoms with Crippen molar-refractivity contribution in [1.29, 1.82) is 0 Å². The maximum Gasteiger partial charge on any atom is 0.313 e. The van der Waals surface area contributed by atoms with Crippen LogP contribution in [0.3, 0.4) is 0 Å². The summed E-state index contributed by atoms with van der Waals surface area (Å²) in [6.07, 6.45) is 3.41. The molecule has 260 valence electrons. The summed E-state index contributed by atoms with van der Waals surface area (Å²) in [6, 6.07) is 5.78. The fourth-order valence-corrected chi connectivity index (χ4v) is 5.44. The quantitative estimate of drug-likeness (QED) is 0.215. The number of carboxylic acid groups (broad SMARTS) is 1. The van der Waals surface area contributed by atoms with Gasteiger partial charge in [-0.05, 0) is 43.2 Å². The molecule has 0 radical (unpaired) electrons. The molecular formula is C35H42F3N3O7. The van der Waals surface area contributed by atoms with Crippen LogP contribution in [0.1, 0.15) is 77.8 Å². The number of halogens is 3. The van der Waals surface area contributed by atoms with Gasteiger partial charge in [-0.2, -0.15) is 4.39 Å². The molecule has 2 aromatic rings. The smallest absolute Gasteiger partial charge is 0.313 e. The Hall–Kier alpha value is -4.68. The van der Waals surface area contributed by atoms with Crippen LogP contribution in [0.2, 0.25) is 0 Å². The molecule has 2 atom stereocenters. The predicted octanol–water partition coefficient (Wildman–Crippen LogP) is 5.39. The molecule has 1 saturated heterocycles. The number of nitrogens with zero attached hydrogens (tertiary/aromatic N) is 1. The molecule has 3 rings (SSSR count). The predicted molar refractivity (Wildman–Crippen MR) is 173 cm³/mol. The standard InChI is InChI=1S/C35H42F3N3O7/c1-6-7-12-21-23(36)17-24(37)29(38)30(21)48-19-27(42)26(18-28(43)44)40-33(47)35(5)15-10-11-16-41(20-35)32(46)31(45)39-25-14-9-8-13-22(25)34(2,3)4/h7-9,12-14,17,26H,6,10-11,15-16,18-20H2,1-5H3,(H,39,45)(H,40,47)(H,43,44)/b12-7+/t26-,35-/m0/s1. The number of amides is 3. The number of aliphatic carboxylic acids is 1. The lowest BCUT2D eigenvalue weighted by atomic mass is 9.83. The second-order valence-electron chi connectivity index (χ2n) is 13.1. The first-order chi connectivity index (χ1) is 22.5. The maximum absolute atomic E-state index is 14.6. The number of Topliss-reactive ketones (excluding diaryl/α,β-unsaturated/α-hetero) is 1. The fourth-order valence-electron chi connectivity index (χ4n) is 5.44. The van der Waals surface area contributed by atoms with Gasteiger partial charge in [-0.25, -0.2) is 8.78 Å². The van der Waals surface area contributed by atoms with Crippen molar-refractivity contribution < 1.29 is 47.0 Å². The summed E-state index contributed by atoms with van der Waals surface area (Å²) in [7, 11) is 0. The van der Waals surface area contributed by atoms with Crippen LogP contribution in [0.4, 0.5) is 18.9 Å². The van der Waals surface area contributed by atoms with E-state index in [0.29, 0.717) is 31.0 Å². The zero-order valence-corrected chi connectivity index (χ0v) is 27.8. The van der Waals surface area contributed by atoms with Crippen molar-refractivity contribution in [3.05, 3.63) is 65.0 Å². The van der Waals surface area contributed by atoms with Crippen LogP contribution in [0, 0.1) is 22.9 Å². The van der Waals surface area contributed by atoms with E-state index in [1.165, 1.54) is 17.9 Å². The second kappa shape index (κ2) is 15.9. The third-order valence-electron chi connectivity index (χ3n) is 8.08. The molecule has 0 bridgehead atoms. The number of hydrogen-bond donors (Lipinski definition) is 3. The Bertz CT molecular complexity index is 1590. The van der Waals surface area contributed by atoms with Crippen LogP contribution in [-0.2, 0) is 29.4 Å². The van der Waals surface area contributed by atoms with Gasteiger partial charge < -0.3 is 25.4 Å². The van der Waals surface area contributed by atoms with Gasteiger partial charge in [-0.15, -0.1) is 0 Å². The molecule has 1 heterocycles. The third-order valence-corrected chi connectivity index (χ3v) is 8.08. The average Bonchev–Trinajstić information content (AvgIpc) is 3.22. The van der Waals surface area contributed by atoms with Crippen LogP contribution in [0.15, 0.2) is 36.4 Å². The van der Waals surface area contributed by atoms with Crippen molar-refractivity contribution in [3.63, 3.8) is 0 Å². The Labute approximate surface area is 277 Å². The second-order valence-corrected chi connectivity index (χ2v) is 13.1. The lowest BCUT2D eigenvalue weighted by Crippen LogP contribution is -2.53. The minimum Gasteiger partial charge on any atom is -0.482 e. The molecule has 0 aliphatic carbocycles. The number of likely N-dealkylation sites (tertiary alicyclic amines) is 1.